The van der Waals surface area contributed by atoms with Crippen molar-refractivity contribution in [1.29, 1.82) is 0 Å². The van der Waals surface area contributed by atoms with E-state index in [0.717, 1.165) is 12.2 Å². The first-order valence-corrected chi connectivity index (χ1v) is 5.92. The lowest BCUT2D eigenvalue weighted by molar-refractivity contribution is -0.128. The van der Waals surface area contributed by atoms with Gasteiger partial charge in [0.15, 0.2) is 0 Å². The molecule has 0 radical (unpaired) electrons. The third-order valence-corrected chi connectivity index (χ3v) is 2.79. The van der Waals surface area contributed by atoms with Gasteiger partial charge in [-0.25, -0.2) is 5.48 Å². The van der Waals surface area contributed by atoms with Crippen molar-refractivity contribution >= 4 is 17.7 Å². The summed E-state index contributed by atoms with van der Waals surface area (Å²) in [5.74, 6) is 1.30. The van der Waals surface area contributed by atoms with E-state index in [1.165, 1.54) is 12.7 Å². The van der Waals surface area contributed by atoms with E-state index < -0.39 is 0 Å². The monoisotopic (exact) mass is 225 g/mol. The van der Waals surface area contributed by atoms with E-state index in [4.69, 9.17) is 0 Å². The van der Waals surface area contributed by atoms with Gasteiger partial charge in [-0.15, -0.1) is 0 Å². The van der Waals surface area contributed by atoms with Crippen LogP contribution in [-0.4, -0.2) is 24.5 Å². The van der Waals surface area contributed by atoms with Crippen molar-refractivity contribution in [2.45, 2.75) is 6.42 Å². The van der Waals surface area contributed by atoms with E-state index in [1.54, 1.807) is 11.8 Å². The Kier molecular flexibility index (Phi) is 5.88. The summed E-state index contributed by atoms with van der Waals surface area (Å²) >= 11 is 1.60. The Hall–Kier alpha value is -1.00. The molecular weight excluding hydrogens is 210 g/mol. The minimum atomic E-state index is -0.0874. The highest BCUT2D eigenvalue weighted by Crippen LogP contribution is 2.06. The Bertz CT molecular complexity index is 290. The van der Waals surface area contributed by atoms with Crippen LogP contribution in [0.4, 0.5) is 0 Å². The minimum absolute atomic E-state index is 0.0874. The van der Waals surface area contributed by atoms with Gasteiger partial charge in [0, 0.05) is 0 Å². The number of carbonyl (C=O) groups excluding carboxylic acids is 1. The number of thioether (sulfide) groups is 1. The molecule has 0 saturated heterocycles. The van der Waals surface area contributed by atoms with Gasteiger partial charge in [-0.2, -0.15) is 11.8 Å². The van der Waals surface area contributed by atoms with Crippen LogP contribution in [0.15, 0.2) is 30.3 Å². The zero-order valence-corrected chi connectivity index (χ0v) is 9.55. The molecule has 1 rings (SSSR count). The number of nitrogens with one attached hydrogen (secondary N) is 1. The maximum absolute atomic E-state index is 11.0. The summed E-state index contributed by atoms with van der Waals surface area (Å²) < 4.78 is 0. The third kappa shape index (κ3) is 5.44. The molecule has 1 aromatic rings. The highest BCUT2D eigenvalue weighted by atomic mass is 32.2. The summed E-state index contributed by atoms with van der Waals surface area (Å²) in [5.41, 5.74) is 3.59. The first-order chi connectivity index (χ1) is 7.33. The topological polar surface area (TPSA) is 38.3 Å². The normalized spacial score (nSPS) is 9.93. The first-order valence-electron chi connectivity index (χ1n) is 4.76. The van der Waals surface area contributed by atoms with E-state index in [1.807, 2.05) is 18.2 Å². The Balaban J connectivity index is 2.10. The largest absolute Gasteiger partial charge is 0.277 e. The molecule has 1 amide bonds. The number of rotatable bonds is 6. The van der Waals surface area contributed by atoms with E-state index >= 15 is 0 Å². The zero-order valence-electron chi connectivity index (χ0n) is 8.73. The molecule has 0 saturated carbocycles. The molecule has 0 fully saturated rings. The van der Waals surface area contributed by atoms with Crippen LogP contribution in [0.5, 0.6) is 0 Å². The smallest absolute Gasteiger partial charge is 0.253 e. The number of carbonyl (C=O) groups is 1. The summed E-state index contributed by atoms with van der Waals surface area (Å²) in [6.07, 6.45) is 0.992. The second kappa shape index (κ2) is 7.31. The van der Waals surface area contributed by atoms with Crippen molar-refractivity contribution in [3.8, 4) is 0 Å². The van der Waals surface area contributed by atoms with Gasteiger partial charge in [0.05, 0.1) is 12.9 Å². The van der Waals surface area contributed by atoms with Crippen LogP contribution in [0.1, 0.15) is 5.56 Å². The summed E-state index contributed by atoms with van der Waals surface area (Å²) in [7, 11) is 1.44. The van der Waals surface area contributed by atoms with Gasteiger partial charge in [-0.1, -0.05) is 30.3 Å². The van der Waals surface area contributed by atoms with Crippen molar-refractivity contribution < 1.29 is 9.63 Å². The van der Waals surface area contributed by atoms with E-state index in [-0.39, 0.29) is 5.91 Å². The molecule has 0 spiro atoms. The molecule has 3 nitrogen and oxygen atoms in total. The predicted molar refractivity (Wildman–Crippen MR) is 62.6 cm³/mol. The summed E-state index contributed by atoms with van der Waals surface area (Å²) in [5, 5.41) is 0. The highest BCUT2D eigenvalue weighted by molar-refractivity contribution is 7.99. The lowest BCUT2D eigenvalue weighted by atomic mass is 10.2. The average molecular weight is 225 g/mol. The maximum Gasteiger partial charge on any atom is 0.253 e. The fraction of sp³-hybridized carbons (Fsp3) is 0.364. The fourth-order valence-corrected chi connectivity index (χ4v) is 1.91. The quantitative estimate of drug-likeness (QED) is 0.591. The Morgan fingerprint density at radius 1 is 1.40 bits per heavy atom. The number of aryl methyl sites for hydroxylation is 1. The molecule has 0 aromatic heterocycles. The second-order valence-electron chi connectivity index (χ2n) is 3.02. The van der Waals surface area contributed by atoms with Crippen molar-refractivity contribution in [2.24, 2.45) is 0 Å². The number of hydrogen-bond donors (Lipinski definition) is 1. The molecule has 0 aliphatic rings. The number of hydroxylamine groups is 1. The SMILES string of the molecule is CONC(=O)CSCCc1ccccc1. The summed E-state index contributed by atoms with van der Waals surface area (Å²) in [4.78, 5) is 15.5. The van der Waals surface area contributed by atoms with Crippen LogP contribution in [0.2, 0.25) is 0 Å². The Morgan fingerprint density at radius 2 is 2.13 bits per heavy atom. The van der Waals surface area contributed by atoms with Gasteiger partial charge in [-0.3, -0.25) is 9.63 Å². The highest BCUT2D eigenvalue weighted by Gasteiger charge is 1.99. The summed E-state index contributed by atoms with van der Waals surface area (Å²) in [6.45, 7) is 0. The van der Waals surface area contributed by atoms with E-state index in [0.29, 0.717) is 5.75 Å². The molecule has 4 heteroatoms. The first kappa shape index (κ1) is 12.1. The van der Waals surface area contributed by atoms with Crippen LogP contribution in [0, 0.1) is 0 Å². The number of benzene rings is 1. The lowest BCUT2D eigenvalue weighted by Crippen LogP contribution is -2.23. The van der Waals surface area contributed by atoms with Gasteiger partial charge in [0.1, 0.15) is 0 Å². The zero-order chi connectivity index (χ0) is 10.9. The van der Waals surface area contributed by atoms with Crippen molar-refractivity contribution in [1.82, 2.24) is 5.48 Å². The lowest BCUT2D eigenvalue weighted by Gasteiger charge is -2.02. The minimum Gasteiger partial charge on any atom is -0.277 e. The molecule has 1 N–H and O–H groups in total. The van der Waals surface area contributed by atoms with Crippen LogP contribution in [0.3, 0.4) is 0 Å². The van der Waals surface area contributed by atoms with Crippen molar-refractivity contribution in [3.05, 3.63) is 35.9 Å². The van der Waals surface area contributed by atoms with Crippen LogP contribution in [-0.2, 0) is 16.1 Å². The second-order valence-corrected chi connectivity index (χ2v) is 4.12. The van der Waals surface area contributed by atoms with Gasteiger partial charge < -0.3 is 0 Å². The molecule has 0 aliphatic carbocycles. The third-order valence-electron chi connectivity index (χ3n) is 1.83. The maximum atomic E-state index is 11.0. The van der Waals surface area contributed by atoms with Crippen LogP contribution in [0.25, 0.3) is 0 Å². The fourth-order valence-electron chi connectivity index (χ4n) is 1.14. The number of amides is 1. The van der Waals surface area contributed by atoms with Crippen LogP contribution < -0.4 is 5.48 Å². The van der Waals surface area contributed by atoms with E-state index in [9.17, 15) is 4.79 Å². The predicted octanol–water partition coefficient (Wildman–Crippen LogP) is 1.64. The standard InChI is InChI=1S/C11H15NO2S/c1-14-12-11(13)9-15-8-7-10-5-3-2-4-6-10/h2-6H,7-9H2,1H3,(H,12,13). The molecule has 82 valence electrons. The molecule has 0 heterocycles. The van der Waals surface area contributed by atoms with Crippen molar-refractivity contribution in [2.75, 3.05) is 18.6 Å². The average Bonchev–Trinajstić information content (AvgIpc) is 2.26. The molecule has 0 unspecified atom stereocenters. The molecule has 1 aromatic carbocycles. The van der Waals surface area contributed by atoms with Gasteiger partial charge in [-0.05, 0) is 17.7 Å². The van der Waals surface area contributed by atoms with Gasteiger partial charge in [0.25, 0.3) is 5.91 Å². The van der Waals surface area contributed by atoms with Gasteiger partial charge in [0.2, 0.25) is 0 Å². The molecule has 0 bridgehead atoms. The molecular formula is C11H15NO2S. The summed E-state index contributed by atoms with van der Waals surface area (Å²) in [6, 6.07) is 10.2. The molecule has 0 atom stereocenters. The molecule has 15 heavy (non-hydrogen) atoms. The molecule has 0 aliphatic heterocycles. The number of hydrogen-bond acceptors (Lipinski definition) is 3. The van der Waals surface area contributed by atoms with Crippen molar-refractivity contribution in [3.63, 3.8) is 0 Å². The van der Waals surface area contributed by atoms with E-state index in [2.05, 4.69) is 22.5 Å². The Morgan fingerprint density at radius 3 is 2.80 bits per heavy atom. The van der Waals surface area contributed by atoms with Gasteiger partial charge >= 0.3 is 0 Å². The van der Waals surface area contributed by atoms with Crippen LogP contribution >= 0.6 is 11.8 Å². The Labute approximate surface area is 94.2 Å².